The SMILES string of the molecule is Clc1cc(Cl)c(C2(CCn3ccnc3)SCCS2)c(Cl)c1. The summed E-state index contributed by atoms with van der Waals surface area (Å²) in [6, 6.07) is 3.56. The standard InChI is InChI=1S/C14H13Cl3N2S2/c15-10-7-11(16)13(12(17)8-10)14(20-5-6-21-14)1-3-19-4-2-18-9-19/h2,4,7-9H,1,3,5-6H2. The van der Waals surface area contributed by atoms with Gasteiger partial charge in [0.05, 0.1) is 10.4 Å². The molecule has 0 atom stereocenters. The van der Waals surface area contributed by atoms with Crippen molar-refractivity contribution >= 4 is 58.3 Å². The molecule has 1 fully saturated rings. The minimum Gasteiger partial charge on any atom is -0.337 e. The molecule has 0 N–H and O–H groups in total. The number of rotatable bonds is 4. The lowest BCUT2D eigenvalue weighted by Gasteiger charge is -2.30. The number of nitrogens with zero attached hydrogens (tertiary/aromatic N) is 2. The Hall–Kier alpha value is -0.000000000000000167. The molecule has 112 valence electrons. The van der Waals surface area contributed by atoms with E-state index < -0.39 is 0 Å². The van der Waals surface area contributed by atoms with Crippen molar-refractivity contribution in [2.75, 3.05) is 11.5 Å². The second-order valence-electron chi connectivity index (χ2n) is 4.74. The normalized spacial score (nSPS) is 17.3. The quantitative estimate of drug-likeness (QED) is 0.692. The summed E-state index contributed by atoms with van der Waals surface area (Å²) in [5.41, 5.74) is 1.00. The van der Waals surface area contributed by atoms with Crippen LogP contribution in [-0.2, 0) is 10.6 Å². The maximum absolute atomic E-state index is 6.45. The smallest absolute Gasteiger partial charge is 0.0945 e. The third-order valence-electron chi connectivity index (χ3n) is 3.40. The molecule has 2 heterocycles. The Balaban J connectivity index is 1.94. The first-order valence-electron chi connectivity index (χ1n) is 6.49. The highest BCUT2D eigenvalue weighted by Crippen LogP contribution is 2.58. The van der Waals surface area contributed by atoms with E-state index in [0.717, 1.165) is 30.0 Å². The molecule has 0 radical (unpaired) electrons. The summed E-state index contributed by atoms with van der Waals surface area (Å²) in [4.78, 5) is 4.09. The highest BCUT2D eigenvalue weighted by atomic mass is 35.5. The number of benzene rings is 1. The van der Waals surface area contributed by atoms with Crippen molar-refractivity contribution < 1.29 is 0 Å². The van der Waals surface area contributed by atoms with Crippen LogP contribution in [0.25, 0.3) is 0 Å². The summed E-state index contributed by atoms with van der Waals surface area (Å²) in [6.07, 6.45) is 6.55. The third-order valence-corrected chi connectivity index (χ3v) is 7.75. The molecule has 1 aliphatic heterocycles. The molecule has 2 aromatic rings. The van der Waals surface area contributed by atoms with E-state index in [1.807, 2.05) is 36.0 Å². The predicted octanol–water partition coefficient (Wildman–Crippen LogP) is 5.57. The molecule has 0 aliphatic carbocycles. The first-order chi connectivity index (χ1) is 10.1. The van der Waals surface area contributed by atoms with Gasteiger partial charge in [0, 0.05) is 51.1 Å². The van der Waals surface area contributed by atoms with E-state index in [-0.39, 0.29) is 4.08 Å². The molecule has 3 rings (SSSR count). The Morgan fingerprint density at radius 3 is 2.38 bits per heavy atom. The van der Waals surface area contributed by atoms with E-state index in [0.29, 0.717) is 15.1 Å². The van der Waals surface area contributed by atoms with Gasteiger partial charge in [0.15, 0.2) is 0 Å². The van der Waals surface area contributed by atoms with Crippen LogP contribution in [0.15, 0.2) is 30.9 Å². The van der Waals surface area contributed by atoms with Gasteiger partial charge in [-0.05, 0) is 18.6 Å². The minimum absolute atomic E-state index is 0.108. The number of halogens is 3. The first-order valence-corrected chi connectivity index (χ1v) is 9.60. The van der Waals surface area contributed by atoms with Crippen molar-refractivity contribution in [1.82, 2.24) is 9.55 Å². The highest BCUT2D eigenvalue weighted by molar-refractivity contribution is 8.20. The Kier molecular flexibility index (Phi) is 5.01. The zero-order valence-corrected chi connectivity index (χ0v) is 15.0. The fourth-order valence-electron chi connectivity index (χ4n) is 2.47. The largest absolute Gasteiger partial charge is 0.337 e. The number of aryl methyl sites for hydroxylation is 1. The van der Waals surface area contributed by atoms with Gasteiger partial charge in [-0.15, -0.1) is 23.5 Å². The first kappa shape index (κ1) is 15.9. The fraction of sp³-hybridized carbons (Fsp3) is 0.357. The van der Waals surface area contributed by atoms with Crippen LogP contribution in [0, 0.1) is 0 Å². The van der Waals surface area contributed by atoms with Crippen LogP contribution >= 0.6 is 58.3 Å². The molecule has 0 bridgehead atoms. The van der Waals surface area contributed by atoms with Gasteiger partial charge in [-0.2, -0.15) is 0 Å². The third kappa shape index (κ3) is 3.35. The van der Waals surface area contributed by atoms with E-state index in [4.69, 9.17) is 34.8 Å². The Labute approximate surface area is 147 Å². The zero-order chi connectivity index (χ0) is 14.9. The maximum atomic E-state index is 6.45. The highest BCUT2D eigenvalue weighted by Gasteiger charge is 2.40. The molecule has 0 amide bonds. The van der Waals surface area contributed by atoms with E-state index in [1.54, 1.807) is 18.3 Å². The van der Waals surface area contributed by atoms with E-state index in [1.165, 1.54) is 0 Å². The van der Waals surface area contributed by atoms with Gasteiger partial charge in [-0.1, -0.05) is 34.8 Å². The number of hydrogen-bond donors (Lipinski definition) is 0. The van der Waals surface area contributed by atoms with Gasteiger partial charge in [0.25, 0.3) is 0 Å². The van der Waals surface area contributed by atoms with Gasteiger partial charge in [0.1, 0.15) is 0 Å². The molecule has 1 aromatic carbocycles. The van der Waals surface area contributed by atoms with Crippen molar-refractivity contribution in [3.05, 3.63) is 51.5 Å². The fourth-order valence-corrected chi connectivity index (χ4v) is 7.19. The summed E-state index contributed by atoms with van der Waals surface area (Å²) >= 11 is 22.8. The molecule has 0 saturated carbocycles. The zero-order valence-electron chi connectivity index (χ0n) is 11.1. The van der Waals surface area contributed by atoms with Crippen molar-refractivity contribution in [2.45, 2.75) is 17.0 Å². The van der Waals surface area contributed by atoms with Crippen LogP contribution in [0.4, 0.5) is 0 Å². The van der Waals surface area contributed by atoms with Crippen molar-refractivity contribution in [3.8, 4) is 0 Å². The average molecular weight is 380 g/mol. The van der Waals surface area contributed by atoms with Crippen LogP contribution in [0.5, 0.6) is 0 Å². The molecule has 21 heavy (non-hydrogen) atoms. The van der Waals surface area contributed by atoms with Gasteiger partial charge in [0.2, 0.25) is 0 Å². The number of imidazole rings is 1. The molecular weight excluding hydrogens is 367 g/mol. The van der Waals surface area contributed by atoms with Crippen molar-refractivity contribution in [1.29, 1.82) is 0 Å². The van der Waals surface area contributed by atoms with Crippen LogP contribution in [-0.4, -0.2) is 21.1 Å². The van der Waals surface area contributed by atoms with Crippen molar-refractivity contribution in [3.63, 3.8) is 0 Å². The molecular formula is C14H13Cl3N2S2. The molecule has 0 spiro atoms. The molecule has 1 aliphatic rings. The summed E-state index contributed by atoms with van der Waals surface area (Å²) in [7, 11) is 0. The minimum atomic E-state index is -0.108. The molecule has 7 heteroatoms. The van der Waals surface area contributed by atoms with Crippen LogP contribution in [0.2, 0.25) is 15.1 Å². The summed E-state index contributed by atoms with van der Waals surface area (Å²) < 4.78 is 1.97. The molecule has 1 saturated heterocycles. The lowest BCUT2D eigenvalue weighted by atomic mass is 10.1. The van der Waals surface area contributed by atoms with Gasteiger partial charge in [-0.25, -0.2) is 4.98 Å². The molecule has 0 unspecified atom stereocenters. The van der Waals surface area contributed by atoms with E-state index in [2.05, 4.69) is 9.55 Å². The van der Waals surface area contributed by atoms with Crippen LogP contribution in [0.1, 0.15) is 12.0 Å². The van der Waals surface area contributed by atoms with Gasteiger partial charge >= 0.3 is 0 Å². The Morgan fingerprint density at radius 1 is 1.14 bits per heavy atom. The number of aromatic nitrogens is 2. The van der Waals surface area contributed by atoms with Gasteiger partial charge < -0.3 is 4.57 Å². The second kappa shape index (κ2) is 6.63. The second-order valence-corrected chi connectivity index (χ2v) is 9.04. The van der Waals surface area contributed by atoms with E-state index >= 15 is 0 Å². The summed E-state index contributed by atoms with van der Waals surface area (Å²) in [5, 5.41) is 1.88. The Morgan fingerprint density at radius 2 is 1.81 bits per heavy atom. The van der Waals surface area contributed by atoms with Gasteiger partial charge in [-0.3, -0.25) is 0 Å². The number of thioether (sulfide) groups is 2. The van der Waals surface area contributed by atoms with Crippen LogP contribution in [0.3, 0.4) is 0 Å². The maximum Gasteiger partial charge on any atom is 0.0945 e. The van der Waals surface area contributed by atoms with Crippen LogP contribution < -0.4 is 0 Å². The predicted molar refractivity (Wildman–Crippen MR) is 94.9 cm³/mol. The topological polar surface area (TPSA) is 17.8 Å². The monoisotopic (exact) mass is 378 g/mol. The van der Waals surface area contributed by atoms with E-state index in [9.17, 15) is 0 Å². The lowest BCUT2D eigenvalue weighted by Crippen LogP contribution is -2.18. The summed E-state index contributed by atoms with van der Waals surface area (Å²) in [6.45, 7) is 0.884. The van der Waals surface area contributed by atoms with Crippen molar-refractivity contribution in [2.24, 2.45) is 0 Å². The molecule has 2 nitrogen and oxygen atoms in total. The molecule has 1 aromatic heterocycles. The average Bonchev–Trinajstić information content (AvgIpc) is 3.07. The number of hydrogen-bond acceptors (Lipinski definition) is 3. The summed E-state index contributed by atoms with van der Waals surface area (Å²) in [5.74, 6) is 2.20. The Bertz CT molecular complexity index is 602. The lowest BCUT2D eigenvalue weighted by molar-refractivity contribution is 0.614.